The molecule has 3 rings (SSSR count). The summed E-state index contributed by atoms with van der Waals surface area (Å²) in [5, 5.41) is 4.54. The van der Waals surface area contributed by atoms with E-state index in [1.807, 2.05) is 20.0 Å². The van der Waals surface area contributed by atoms with E-state index in [4.69, 9.17) is 10.2 Å². The summed E-state index contributed by atoms with van der Waals surface area (Å²) in [7, 11) is 1.85. The number of rotatable bonds is 2. The molecule has 0 atom stereocenters. The number of furan rings is 1. The number of nitrogens with two attached hydrogens (primary N) is 1. The molecule has 2 heterocycles. The van der Waals surface area contributed by atoms with E-state index < -0.39 is 0 Å². The van der Waals surface area contributed by atoms with Crippen molar-refractivity contribution < 1.29 is 4.42 Å². The van der Waals surface area contributed by atoms with Crippen molar-refractivity contribution in [3.05, 3.63) is 47.9 Å². The van der Waals surface area contributed by atoms with Gasteiger partial charge in [-0.2, -0.15) is 5.10 Å². The number of anilines is 1. The summed E-state index contributed by atoms with van der Waals surface area (Å²) in [6.07, 6.45) is 1.68. The summed E-state index contributed by atoms with van der Waals surface area (Å²) in [6, 6.07) is 10.2. The average Bonchev–Trinajstić information content (AvgIpc) is 2.96. The van der Waals surface area contributed by atoms with Crippen molar-refractivity contribution in [2.75, 3.05) is 5.73 Å². The van der Waals surface area contributed by atoms with Crippen LogP contribution in [-0.4, -0.2) is 9.78 Å². The lowest BCUT2D eigenvalue weighted by atomic mass is 10.0. The number of aryl methyl sites for hydroxylation is 3. The number of nitrogens with zero attached hydrogens (tertiary/aromatic N) is 2. The number of benzene rings is 1. The SMILES string of the molecule is Cc1ccc(-c2c(-c3ccoc3C)nn(C)c2N)cc1. The van der Waals surface area contributed by atoms with Crippen molar-refractivity contribution >= 4 is 5.82 Å². The van der Waals surface area contributed by atoms with Gasteiger partial charge in [-0.3, -0.25) is 4.68 Å². The van der Waals surface area contributed by atoms with E-state index in [1.54, 1.807) is 10.9 Å². The second-order valence-corrected chi connectivity index (χ2v) is 4.99. The molecule has 0 saturated heterocycles. The third-order valence-corrected chi connectivity index (χ3v) is 3.55. The predicted molar refractivity (Wildman–Crippen MR) is 80.2 cm³/mol. The van der Waals surface area contributed by atoms with Crippen LogP contribution in [0.4, 0.5) is 5.82 Å². The molecule has 0 aliphatic heterocycles. The lowest BCUT2D eigenvalue weighted by Crippen LogP contribution is -1.97. The van der Waals surface area contributed by atoms with Crippen LogP contribution in [0.5, 0.6) is 0 Å². The highest BCUT2D eigenvalue weighted by atomic mass is 16.3. The number of hydrogen-bond donors (Lipinski definition) is 1. The first-order valence-electron chi connectivity index (χ1n) is 6.52. The van der Waals surface area contributed by atoms with Gasteiger partial charge < -0.3 is 10.2 Å². The Morgan fingerprint density at radius 2 is 1.80 bits per heavy atom. The van der Waals surface area contributed by atoms with Crippen molar-refractivity contribution in [3.63, 3.8) is 0 Å². The molecule has 1 aromatic carbocycles. The Hall–Kier alpha value is -2.49. The summed E-state index contributed by atoms with van der Waals surface area (Å²) < 4.78 is 7.09. The normalized spacial score (nSPS) is 10.9. The van der Waals surface area contributed by atoms with Crippen LogP contribution in [0.1, 0.15) is 11.3 Å². The Bertz CT molecular complexity index is 751. The van der Waals surface area contributed by atoms with Gasteiger partial charge in [0, 0.05) is 12.6 Å². The minimum atomic E-state index is 0.657. The van der Waals surface area contributed by atoms with Gasteiger partial charge >= 0.3 is 0 Å². The van der Waals surface area contributed by atoms with E-state index in [0.29, 0.717) is 5.82 Å². The molecular weight excluding hydrogens is 250 g/mol. The molecule has 0 radical (unpaired) electrons. The van der Waals surface area contributed by atoms with Crippen LogP contribution in [0.3, 0.4) is 0 Å². The van der Waals surface area contributed by atoms with Crippen molar-refractivity contribution in [3.8, 4) is 22.4 Å². The van der Waals surface area contributed by atoms with Crippen LogP contribution in [0.2, 0.25) is 0 Å². The molecule has 0 aliphatic carbocycles. The number of aromatic nitrogens is 2. The maximum absolute atomic E-state index is 6.20. The molecule has 0 fully saturated rings. The number of nitrogen functional groups attached to an aromatic ring is 1. The van der Waals surface area contributed by atoms with Gasteiger partial charge in [-0.15, -0.1) is 0 Å². The highest BCUT2D eigenvalue weighted by Gasteiger charge is 2.19. The monoisotopic (exact) mass is 267 g/mol. The summed E-state index contributed by atoms with van der Waals surface area (Å²) >= 11 is 0. The van der Waals surface area contributed by atoms with E-state index >= 15 is 0 Å². The third kappa shape index (κ3) is 1.90. The molecule has 0 spiro atoms. The molecule has 0 aliphatic rings. The quantitative estimate of drug-likeness (QED) is 0.772. The van der Waals surface area contributed by atoms with E-state index in [-0.39, 0.29) is 0 Å². The van der Waals surface area contributed by atoms with Crippen LogP contribution >= 0.6 is 0 Å². The molecule has 2 aromatic heterocycles. The molecule has 3 aromatic rings. The minimum absolute atomic E-state index is 0.657. The lowest BCUT2D eigenvalue weighted by molar-refractivity contribution is 0.535. The number of hydrogen-bond acceptors (Lipinski definition) is 3. The van der Waals surface area contributed by atoms with E-state index in [2.05, 4.69) is 36.3 Å². The largest absolute Gasteiger partial charge is 0.469 e. The van der Waals surface area contributed by atoms with Gasteiger partial charge in [0.2, 0.25) is 0 Å². The van der Waals surface area contributed by atoms with Gasteiger partial charge in [-0.25, -0.2) is 0 Å². The molecule has 4 nitrogen and oxygen atoms in total. The molecule has 0 amide bonds. The molecule has 0 saturated carbocycles. The third-order valence-electron chi connectivity index (χ3n) is 3.55. The summed E-state index contributed by atoms with van der Waals surface area (Å²) in [4.78, 5) is 0. The molecule has 0 unspecified atom stereocenters. The summed E-state index contributed by atoms with van der Waals surface area (Å²) in [5.41, 5.74) is 11.3. The molecule has 102 valence electrons. The van der Waals surface area contributed by atoms with E-state index in [9.17, 15) is 0 Å². The fourth-order valence-electron chi connectivity index (χ4n) is 2.36. The van der Waals surface area contributed by atoms with Gasteiger partial charge in [0.15, 0.2) is 0 Å². The second-order valence-electron chi connectivity index (χ2n) is 4.99. The van der Waals surface area contributed by atoms with Gasteiger partial charge in [-0.05, 0) is 25.5 Å². The zero-order valence-electron chi connectivity index (χ0n) is 11.8. The first-order valence-corrected chi connectivity index (χ1v) is 6.52. The van der Waals surface area contributed by atoms with Crippen molar-refractivity contribution in [2.45, 2.75) is 13.8 Å². The maximum atomic E-state index is 6.20. The zero-order valence-corrected chi connectivity index (χ0v) is 11.8. The van der Waals surface area contributed by atoms with Crippen molar-refractivity contribution in [1.82, 2.24) is 9.78 Å². The Kier molecular flexibility index (Phi) is 2.86. The molecule has 0 bridgehead atoms. The molecular formula is C16H17N3O. The lowest BCUT2D eigenvalue weighted by Gasteiger charge is -2.04. The molecule has 4 heteroatoms. The maximum Gasteiger partial charge on any atom is 0.129 e. The Labute approximate surface area is 117 Å². The fourth-order valence-corrected chi connectivity index (χ4v) is 2.36. The van der Waals surface area contributed by atoms with Crippen LogP contribution in [0.15, 0.2) is 41.0 Å². The zero-order chi connectivity index (χ0) is 14.3. The summed E-state index contributed by atoms with van der Waals surface area (Å²) in [6.45, 7) is 4.00. The fraction of sp³-hybridized carbons (Fsp3) is 0.188. The Morgan fingerprint density at radius 1 is 1.10 bits per heavy atom. The Morgan fingerprint density at radius 3 is 2.40 bits per heavy atom. The Balaban J connectivity index is 2.25. The van der Waals surface area contributed by atoms with E-state index in [0.717, 1.165) is 28.1 Å². The van der Waals surface area contributed by atoms with Crippen molar-refractivity contribution in [2.24, 2.45) is 7.05 Å². The van der Waals surface area contributed by atoms with Crippen molar-refractivity contribution in [1.29, 1.82) is 0 Å². The van der Waals surface area contributed by atoms with E-state index in [1.165, 1.54) is 5.56 Å². The summed E-state index contributed by atoms with van der Waals surface area (Å²) in [5.74, 6) is 1.50. The minimum Gasteiger partial charge on any atom is -0.469 e. The van der Waals surface area contributed by atoms with Crippen LogP contribution in [0.25, 0.3) is 22.4 Å². The van der Waals surface area contributed by atoms with Gasteiger partial charge in [0.05, 0.1) is 11.8 Å². The highest BCUT2D eigenvalue weighted by Crippen LogP contribution is 2.37. The van der Waals surface area contributed by atoms with Gasteiger partial charge in [-0.1, -0.05) is 29.8 Å². The van der Waals surface area contributed by atoms with Gasteiger partial charge in [0.1, 0.15) is 17.3 Å². The smallest absolute Gasteiger partial charge is 0.129 e. The highest BCUT2D eigenvalue weighted by molar-refractivity contribution is 5.88. The molecule has 20 heavy (non-hydrogen) atoms. The first-order chi connectivity index (χ1) is 9.58. The van der Waals surface area contributed by atoms with Crippen LogP contribution in [-0.2, 0) is 7.05 Å². The molecule has 2 N–H and O–H groups in total. The second kappa shape index (κ2) is 4.56. The van der Waals surface area contributed by atoms with Crippen LogP contribution < -0.4 is 5.73 Å². The van der Waals surface area contributed by atoms with Gasteiger partial charge in [0.25, 0.3) is 0 Å². The topological polar surface area (TPSA) is 57.0 Å². The van der Waals surface area contributed by atoms with Crippen LogP contribution in [0, 0.1) is 13.8 Å². The first kappa shape index (κ1) is 12.5. The average molecular weight is 267 g/mol. The predicted octanol–water partition coefficient (Wildman–Crippen LogP) is 3.55. The standard InChI is InChI=1S/C16H17N3O/c1-10-4-6-12(7-5-10)14-15(18-19(3)16(14)17)13-8-9-20-11(13)2/h4-9H,17H2,1-3H3.